The van der Waals surface area contributed by atoms with Gasteiger partial charge in [-0.15, -0.1) is 0 Å². The van der Waals surface area contributed by atoms with Crippen LogP contribution >= 0.6 is 15.9 Å². The van der Waals surface area contributed by atoms with Gasteiger partial charge in [0.05, 0.1) is 6.42 Å². The molecule has 0 saturated carbocycles. The van der Waals surface area contributed by atoms with Gasteiger partial charge in [0.2, 0.25) is 5.91 Å². The lowest BCUT2D eigenvalue weighted by molar-refractivity contribution is -0.132. The maximum Gasteiger partial charge on any atom is 0.316 e. The Bertz CT molecular complexity index is 746. The van der Waals surface area contributed by atoms with E-state index in [1.807, 2.05) is 11.8 Å². The van der Waals surface area contributed by atoms with Crippen molar-refractivity contribution >= 4 is 21.8 Å². The van der Waals surface area contributed by atoms with Crippen molar-refractivity contribution in [3.8, 4) is 6.01 Å². The number of benzene rings is 1. The molecule has 25 heavy (non-hydrogen) atoms. The van der Waals surface area contributed by atoms with Gasteiger partial charge >= 0.3 is 6.01 Å². The van der Waals surface area contributed by atoms with Crippen LogP contribution in [0, 0.1) is 12.7 Å². The van der Waals surface area contributed by atoms with E-state index in [1.54, 1.807) is 18.5 Å². The molecule has 1 aliphatic rings. The summed E-state index contributed by atoms with van der Waals surface area (Å²) in [5.74, 6) is -0.281. The third-order valence-electron chi connectivity index (χ3n) is 4.18. The maximum atomic E-state index is 13.1. The van der Waals surface area contributed by atoms with Crippen LogP contribution in [-0.2, 0) is 11.2 Å². The second-order valence-corrected chi connectivity index (χ2v) is 7.01. The Morgan fingerprint density at radius 3 is 2.64 bits per heavy atom. The summed E-state index contributed by atoms with van der Waals surface area (Å²) >= 11 is 3.31. The summed E-state index contributed by atoms with van der Waals surface area (Å²) < 4.78 is 19.5. The molecule has 2 heterocycles. The molecule has 1 aliphatic heterocycles. The van der Waals surface area contributed by atoms with Crippen LogP contribution in [0.15, 0.2) is 35.1 Å². The quantitative estimate of drug-likeness (QED) is 0.779. The predicted molar refractivity (Wildman–Crippen MR) is 94.8 cm³/mol. The fraction of sp³-hybridized carbons (Fsp3) is 0.389. The maximum absolute atomic E-state index is 13.1. The van der Waals surface area contributed by atoms with E-state index in [4.69, 9.17) is 4.74 Å². The van der Waals surface area contributed by atoms with Crippen molar-refractivity contribution in [2.24, 2.45) is 0 Å². The first-order valence-corrected chi connectivity index (χ1v) is 8.97. The molecule has 0 aliphatic carbocycles. The van der Waals surface area contributed by atoms with Crippen molar-refractivity contribution in [3.05, 3.63) is 52.0 Å². The van der Waals surface area contributed by atoms with Crippen LogP contribution in [0.3, 0.4) is 0 Å². The molecule has 0 atom stereocenters. The summed E-state index contributed by atoms with van der Waals surface area (Å²) in [6.45, 7) is 3.19. The summed E-state index contributed by atoms with van der Waals surface area (Å²) in [6.07, 6.45) is 5.21. The van der Waals surface area contributed by atoms with E-state index in [0.717, 1.165) is 24.0 Å². The smallest absolute Gasteiger partial charge is 0.316 e. The molecule has 5 nitrogen and oxygen atoms in total. The summed E-state index contributed by atoms with van der Waals surface area (Å²) in [6, 6.07) is 4.77. The number of aryl methyl sites for hydroxylation is 1. The molecule has 132 valence electrons. The zero-order chi connectivity index (χ0) is 17.8. The number of piperidine rings is 1. The minimum absolute atomic E-state index is 0.0179. The Kier molecular flexibility index (Phi) is 5.63. The van der Waals surface area contributed by atoms with Gasteiger partial charge in [-0.1, -0.05) is 22.0 Å². The molecule has 0 spiro atoms. The molecule has 1 aromatic heterocycles. The van der Waals surface area contributed by atoms with Crippen LogP contribution in [0.4, 0.5) is 4.39 Å². The third-order valence-corrected chi connectivity index (χ3v) is 4.92. The summed E-state index contributed by atoms with van der Waals surface area (Å²) in [4.78, 5) is 22.6. The molecule has 7 heteroatoms. The van der Waals surface area contributed by atoms with E-state index < -0.39 is 0 Å². The molecule has 1 fully saturated rings. The fourth-order valence-corrected chi connectivity index (χ4v) is 3.24. The van der Waals surface area contributed by atoms with Crippen LogP contribution < -0.4 is 4.74 Å². The number of hydrogen-bond acceptors (Lipinski definition) is 4. The normalized spacial score (nSPS) is 15.2. The lowest BCUT2D eigenvalue weighted by atomic mass is 10.1. The molecule has 0 N–H and O–H groups in total. The number of nitrogens with zero attached hydrogens (tertiary/aromatic N) is 3. The number of aromatic nitrogens is 2. The van der Waals surface area contributed by atoms with Gasteiger partial charge in [-0.3, -0.25) is 4.79 Å². The van der Waals surface area contributed by atoms with E-state index in [0.29, 0.717) is 23.6 Å². The number of amides is 1. The lowest BCUT2D eigenvalue weighted by Crippen LogP contribution is -2.42. The van der Waals surface area contributed by atoms with Crippen LogP contribution in [-0.4, -0.2) is 40.0 Å². The van der Waals surface area contributed by atoms with Gasteiger partial charge in [0.1, 0.15) is 11.9 Å². The number of carbonyl (C=O) groups excluding carboxylic acids is 1. The molecule has 1 saturated heterocycles. The highest BCUT2D eigenvalue weighted by molar-refractivity contribution is 9.10. The summed E-state index contributed by atoms with van der Waals surface area (Å²) in [5.41, 5.74) is 1.78. The highest BCUT2D eigenvalue weighted by Gasteiger charge is 2.24. The van der Waals surface area contributed by atoms with Crippen LogP contribution in [0.2, 0.25) is 0 Å². The Morgan fingerprint density at radius 1 is 1.32 bits per heavy atom. The molecule has 0 radical (unpaired) electrons. The van der Waals surface area contributed by atoms with Gasteiger partial charge < -0.3 is 9.64 Å². The molecule has 2 aromatic rings. The zero-order valence-corrected chi connectivity index (χ0v) is 15.5. The molecular formula is C18H19BrFN3O2. The average molecular weight is 408 g/mol. The average Bonchev–Trinajstić information content (AvgIpc) is 2.60. The topological polar surface area (TPSA) is 55.3 Å². The minimum atomic E-state index is -0.320. The SMILES string of the molecule is Cc1cnc(OC2CCN(C(=O)Cc3ccc(F)cc3Br)CC2)nc1. The molecule has 0 unspecified atom stereocenters. The first-order chi connectivity index (χ1) is 12.0. The highest BCUT2D eigenvalue weighted by atomic mass is 79.9. The summed E-state index contributed by atoms with van der Waals surface area (Å²) in [5, 5.41) is 0. The van der Waals surface area contributed by atoms with Crippen molar-refractivity contribution in [3.63, 3.8) is 0 Å². The Hall–Kier alpha value is -2.02. The monoisotopic (exact) mass is 407 g/mol. The Labute approximate surface area is 154 Å². The van der Waals surface area contributed by atoms with Gasteiger partial charge in [-0.25, -0.2) is 14.4 Å². The van der Waals surface area contributed by atoms with E-state index in [-0.39, 0.29) is 24.2 Å². The first kappa shape index (κ1) is 17.8. The molecular weight excluding hydrogens is 389 g/mol. The van der Waals surface area contributed by atoms with Crippen molar-refractivity contribution in [1.82, 2.24) is 14.9 Å². The standard InChI is InChI=1S/C18H19BrFN3O2/c1-12-10-21-18(22-11-12)25-15-4-6-23(7-5-15)17(24)8-13-2-3-14(20)9-16(13)19/h2-3,9-11,15H,4-8H2,1H3. The van der Waals surface area contributed by atoms with Crippen molar-refractivity contribution < 1.29 is 13.9 Å². The van der Waals surface area contributed by atoms with Crippen molar-refractivity contribution in [2.75, 3.05) is 13.1 Å². The number of ether oxygens (including phenoxy) is 1. The highest BCUT2D eigenvalue weighted by Crippen LogP contribution is 2.21. The molecule has 1 amide bonds. The van der Waals surface area contributed by atoms with Crippen LogP contribution in [0.25, 0.3) is 0 Å². The fourth-order valence-electron chi connectivity index (χ4n) is 2.75. The Balaban J connectivity index is 1.51. The second kappa shape index (κ2) is 7.91. The minimum Gasteiger partial charge on any atom is -0.460 e. The molecule has 3 rings (SSSR count). The summed E-state index contributed by atoms with van der Waals surface area (Å²) in [7, 11) is 0. The molecule has 1 aromatic carbocycles. The van der Waals surface area contributed by atoms with E-state index in [9.17, 15) is 9.18 Å². The van der Waals surface area contributed by atoms with Gasteiger partial charge in [0, 0.05) is 42.8 Å². The largest absolute Gasteiger partial charge is 0.460 e. The number of hydrogen-bond donors (Lipinski definition) is 0. The van der Waals surface area contributed by atoms with E-state index in [2.05, 4.69) is 25.9 Å². The number of halogens is 2. The van der Waals surface area contributed by atoms with Gasteiger partial charge in [0.25, 0.3) is 0 Å². The number of carbonyl (C=O) groups is 1. The van der Waals surface area contributed by atoms with E-state index in [1.165, 1.54) is 12.1 Å². The number of rotatable bonds is 4. The lowest BCUT2D eigenvalue weighted by Gasteiger charge is -2.31. The zero-order valence-electron chi connectivity index (χ0n) is 13.9. The second-order valence-electron chi connectivity index (χ2n) is 6.15. The third kappa shape index (κ3) is 4.75. The van der Waals surface area contributed by atoms with Crippen LogP contribution in [0.5, 0.6) is 6.01 Å². The first-order valence-electron chi connectivity index (χ1n) is 8.18. The van der Waals surface area contributed by atoms with Crippen molar-refractivity contribution in [2.45, 2.75) is 32.3 Å². The predicted octanol–water partition coefficient (Wildman–Crippen LogP) is 3.30. The van der Waals surface area contributed by atoms with Gasteiger partial charge in [-0.2, -0.15) is 0 Å². The van der Waals surface area contributed by atoms with E-state index >= 15 is 0 Å². The van der Waals surface area contributed by atoms with Gasteiger partial charge in [0.15, 0.2) is 0 Å². The van der Waals surface area contributed by atoms with Crippen molar-refractivity contribution in [1.29, 1.82) is 0 Å². The number of likely N-dealkylation sites (tertiary alicyclic amines) is 1. The van der Waals surface area contributed by atoms with Gasteiger partial charge in [-0.05, 0) is 30.2 Å². The molecule has 0 bridgehead atoms. The van der Waals surface area contributed by atoms with Crippen LogP contribution in [0.1, 0.15) is 24.0 Å². The Morgan fingerprint density at radius 2 is 2.00 bits per heavy atom.